The van der Waals surface area contributed by atoms with Crippen molar-refractivity contribution < 1.29 is 24.9 Å². The summed E-state index contributed by atoms with van der Waals surface area (Å²) in [4.78, 5) is 24.5. The van der Waals surface area contributed by atoms with Crippen molar-refractivity contribution in [3.05, 3.63) is 23.8 Å². The zero-order valence-electron chi connectivity index (χ0n) is 10.7. The summed E-state index contributed by atoms with van der Waals surface area (Å²) in [6, 6.07) is 3.58. The molecule has 0 aliphatic heterocycles. The van der Waals surface area contributed by atoms with Crippen LogP contribution < -0.4 is 5.32 Å². The largest absolute Gasteiger partial charge is 0.507 e. The number of aliphatic hydroxyl groups excluding tert-OH is 1. The molecule has 0 aromatic heterocycles. The number of hydrogen-bond donors (Lipinski definition) is 4. The van der Waals surface area contributed by atoms with E-state index < -0.39 is 5.97 Å². The van der Waals surface area contributed by atoms with Crippen LogP contribution in [0.4, 0.5) is 10.5 Å². The lowest BCUT2D eigenvalue weighted by molar-refractivity contribution is 0.0693. The molecule has 20 heavy (non-hydrogen) atoms. The minimum Gasteiger partial charge on any atom is -0.507 e. The molecule has 1 aromatic carbocycles. The predicted molar refractivity (Wildman–Crippen MR) is 70.9 cm³/mol. The normalized spacial score (nSPS) is 13.8. The first-order chi connectivity index (χ1) is 9.52. The third-order valence-corrected chi connectivity index (χ3v) is 3.07. The van der Waals surface area contributed by atoms with Gasteiger partial charge in [-0.05, 0) is 31.0 Å². The summed E-state index contributed by atoms with van der Waals surface area (Å²) in [6.07, 6.45) is 1.81. The van der Waals surface area contributed by atoms with Crippen molar-refractivity contribution in [2.24, 2.45) is 0 Å². The number of carboxylic acids is 1. The van der Waals surface area contributed by atoms with E-state index in [1.807, 2.05) is 0 Å². The van der Waals surface area contributed by atoms with Gasteiger partial charge in [0.25, 0.3) is 0 Å². The molecule has 4 N–H and O–H groups in total. The first-order valence-electron chi connectivity index (χ1n) is 6.27. The van der Waals surface area contributed by atoms with Crippen molar-refractivity contribution in [2.45, 2.75) is 18.9 Å². The Hall–Kier alpha value is -2.28. The second-order valence-electron chi connectivity index (χ2n) is 4.62. The lowest BCUT2D eigenvalue weighted by Gasteiger charge is -2.21. The van der Waals surface area contributed by atoms with Crippen molar-refractivity contribution in [2.75, 3.05) is 18.5 Å². The van der Waals surface area contributed by atoms with Crippen molar-refractivity contribution in [1.29, 1.82) is 0 Å². The maximum Gasteiger partial charge on any atom is 0.339 e. The smallest absolute Gasteiger partial charge is 0.339 e. The van der Waals surface area contributed by atoms with Crippen LogP contribution in [0, 0.1) is 0 Å². The molecular weight excluding hydrogens is 264 g/mol. The SMILES string of the molecule is O=C(O)c1cc(NC(=O)N(CCO)C2CC2)ccc1O. The molecule has 2 rings (SSSR count). The van der Waals surface area contributed by atoms with Crippen LogP contribution in [0.2, 0.25) is 0 Å². The molecule has 0 atom stereocenters. The van der Waals surface area contributed by atoms with E-state index in [1.165, 1.54) is 23.1 Å². The van der Waals surface area contributed by atoms with Gasteiger partial charge in [0, 0.05) is 18.3 Å². The second-order valence-corrected chi connectivity index (χ2v) is 4.62. The van der Waals surface area contributed by atoms with Gasteiger partial charge >= 0.3 is 12.0 Å². The number of nitrogens with zero attached hydrogens (tertiary/aromatic N) is 1. The average Bonchev–Trinajstić information content (AvgIpc) is 3.22. The predicted octanol–water partition coefficient (Wildman–Crippen LogP) is 1.08. The molecule has 0 radical (unpaired) electrons. The fourth-order valence-corrected chi connectivity index (χ4v) is 1.92. The third kappa shape index (κ3) is 3.18. The molecule has 2 amide bonds. The summed E-state index contributed by atoms with van der Waals surface area (Å²) in [5.74, 6) is -1.63. The number of anilines is 1. The number of carbonyl (C=O) groups excluding carboxylic acids is 1. The first-order valence-corrected chi connectivity index (χ1v) is 6.27. The lowest BCUT2D eigenvalue weighted by Crippen LogP contribution is -2.38. The van der Waals surface area contributed by atoms with Crippen molar-refractivity contribution >= 4 is 17.7 Å². The van der Waals surface area contributed by atoms with Gasteiger partial charge in [-0.1, -0.05) is 0 Å². The number of phenols is 1. The van der Waals surface area contributed by atoms with Gasteiger partial charge in [-0.2, -0.15) is 0 Å². The Morgan fingerprint density at radius 3 is 2.60 bits per heavy atom. The van der Waals surface area contributed by atoms with Gasteiger partial charge in [0.05, 0.1) is 6.61 Å². The highest BCUT2D eigenvalue weighted by molar-refractivity contribution is 5.95. The van der Waals surface area contributed by atoms with E-state index in [4.69, 9.17) is 10.2 Å². The van der Waals surface area contributed by atoms with E-state index in [-0.39, 0.29) is 42.2 Å². The Kier molecular flexibility index (Phi) is 4.09. The maximum absolute atomic E-state index is 12.0. The van der Waals surface area contributed by atoms with Crippen LogP contribution in [0.3, 0.4) is 0 Å². The molecule has 1 aromatic rings. The molecule has 0 spiro atoms. The van der Waals surface area contributed by atoms with Crippen LogP contribution in [-0.4, -0.2) is 51.4 Å². The van der Waals surface area contributed by atoms with Gasteiger partial charge in [0.1, 0.15) is 11.3 Å². The Morgan fingerprint density at radius 2 is 2.05 bits per heavy atom. The quantitative estimate of drug-likeness (QED) is 0.603. The van der Waals surface area contributed by atoms with E-state index >= 15 is 0 Å². The van der Waals surface area contributed by atoms with E-state index in [0.717, 1.165) is 12.8 Å². The Balaban J connectivity index is 2.10. The Bertz CT molecular complexity index is 527. The Labute approximate surface area is 115 Å². The number of aromatic hydroxyl groups is 1. The van der Waals surface area contributed by atoms with Crippen LogP contribution in [0.1, 0.15) is 23.2 Å². The highest BCUT2D eigenvalue weighted by Crippen LogP contribution is 2.28. The van der Waals surface area contributed by atoms with Crippen LogP contribution in [-0.2, 0) is 0 Å². The highest BCUT2D eigenvalue weighted by Gasteiger charge is 2.32. The number of hydrogen-bond acceptors (Lipinski definition) is 4. The minimum atomic E-state index is -1.27. The molecular formula is C13H16N2O5. The highest BCUT2D eigenvalue weighted by atomic mass is 16.4. The number of benzene rings is 1. The fourth-order valence-electron chi connectivity index (χ4n) is 1.92. The molecule has 0 heterocycles. The lowest BCUT2D eigenvalue weighted by atomic mass is 10.2. The van der Waals surface area contributed by atoms with Gasteiger partial charge in [0.2, 0.25) is 0 Å². The zero-order valence-corrected chi connectivity index (χ0v) is 10.7. The van der Waals surface area contributed by atoms with Crippen molar-refractivity contribution in [3.63, 3.8) is 0 Å². The monoisotopic (exact) mass is 280 g/mol. The molecule has 7 nitrogen and oxygen atoms in total. The van der Waals surface area contributed by atoms with E-state index in [9.17, 15) is 14.7 Å². The van der Waals surface area contributed by atoms with Gasteiger partial charge in [-0.15, -0.1) is 0 Å². The maximum atomic E-state index is 12.0. The molecule has 7 heteroatoms. The number of amides is 2. The van der Waals surface area contributed by atoms with Crippen molar-refractivity contribution in [3.8, 4) is 5.75 Å². The summed E-state index contributed by atoms with van der Waals surface area (Å²) in [5, 5.41) is 29.8. The van der Waals surface area contributed by atoms with E-state index in [2.05, 4.69) is 5.32 Å². The van der Waals surface area contributed by atoms with Crippen LogP contribution in [0.25, 0.3) is 0 Å². The molecule has 1 saturated carbocycles. The van der Waals surface area contributed by atoms with E-state index in [1.54, 1.807) is 0 Å². The number of rotatable bonds is 5. The number of carbonyl (C=O) groups is 2. The topological polar surface area (TPSA) is 110 Å². The molecule has 0 saturated heterocycles. The van der Waals surface area contributed by atoms with Crippen molar-refractivity contribution in [1.82, 2.24) is 4.90 Å². The number of aliphatic hydroxyl groups is 1. The van der Waals surface area contributed by atoms with E-state index in [0.29, 0.717) is 0 Å². The first kappa shape index (κ1) is 14.1. The van der Waals surface area contributed by atoms with Gasteiger partial charge in [-0.3, -0.25) is 0 Å². The standard InChI is InChI=1S/C13H16N2O5/c16-6-5-15(9-2-3-9)13(20)14-8-1-4-11(17)10(7-8)12(18)19/h1,4,7,9,16-17H,2-3,5-6H2,(H,14,20)(H,18,19). The van der Waals surface area contributed by atoms with Gasteiger partial charge < -0.3 is 25.5 Å². The number of carboxylic acid groups (broad SMARTS) is 1. The summed E-state index contributed by atoms with van der Waals surface area (Å²) in [5.41, 5.74) is 0.0109. The Morgan fingerprint density at radius 1 is 1.35 bits per heavy atom. The molecule has 0 unspecified atom stereocenters. The number of aromatic carboxylic acids is 1. The molecule has 0 bridgehead atoms. The van der Waals surface area contributed by atoms with Crippen LogP contribution >= 0.6 is 0 Å². The molecule has 1 aliphatic carbocycles. The summed E-state index contributed by atoms with van der Waals surface area (Å²) in [7, 11) is 0. The summed E-state index contributed by atoms with van der Waals surface area (Å²) >= 11 is 0. The third-order valence-electron chi connectivity index (χ3n) is 3.07. The summed E-state index contributed by atoms with van der Waals surface area (Å²) < 4.78 is 0. The second kappa shape index (κ2) is 5.79. The van der Waals surface area contributed by atoms with Crippen LogP contribution in [0.5, 0.6) is 5.75 Å². The van der Waals surface area contributed by atoms with Gasteiger partial charge in [-0.25, -0.2) is 9.59 Å². The zero-order chi connectivity index (χ0) is 14.7. The number of nitrogens with one attached hydrogen (secondary N) is 1. The number of urea groups is 1. The summed E-state index contributed by atoms with van der Waals surface area (Å²) in [6.45, 7) is 0.111. The molecule has 108 valence electrons. The minimum absolute atomic E-state index is 0.125. The fraction of sp³-hybridized carbons (Fsp3) is 0.385. The van der Waals surface area contributed by atoms with Gasteiger partial charge in [0.15, 0.2) is 0 Å². The average molecular weight is 280 g/mol. The van der Waals surface area contributed by atoms with Crippen LogP contribution in [0.15, 0.2) is 18.2 Å². The molecule has 1 aliphatic rings. The molecule has 1 fully saturated rings.